The SMILES string of the molecule is CC(Cc1ccc(O)cc1)(Oc1ccc(F)c(F)c1)C(=O)O. The summed E-state index contributed by atoms with van der Waals surface area (Å²) in [6.07, 6.45) is -0.0123. The fourth-order valence-corrected chi connectivity index (χ4v) is 1.96. The van der Waals surface area contributed by atoms with Crippen LogP contribution in [0.1, 0.15) is 12.5 Å². The van der Waals surface area contributed by atoms with Gasteiger partial charge in [-0.15, -0.1) is 0 Å². The van der Waals surface area contributed by atoms with Gasteiger partial charge in [0.05, 0.1) is 0 Å². The first kappa shape index (κ1) is 15.8. The van der Waals surface area contributed by atoms with E-state index in [0.29, 0.717) is 5.56 Å². The number of halogens is 2. The zero-order chi connectivity index (χ0) is 16.3. The maximum absolute atomic E-state index is 13.2. The van der Waals surface area contributed by atoms with E-state index < -0.39 is 23.2 Å². The van der Waals surface area contributed by atoms with Gasteiger partial charge < -0.3 is 14.9 Å². The molecule has 0 spiro atoms. The van der Waals surface area contributed by atoms with E-state index in [0.717, 1.165) is 18.2 Å². The molecular weight excluding hydrogens is 294 g/mol. The van der Waals surface area contributed by atoms with E-state index in [2.05, 4.69) is 0 Å². The highest BCUT2D eigenvalue weighted by atomic mass is 19.2. The summed E-state index contributed by atoms with van der Waals surface area (Å²) in [5.74, 6) is -3.42. The Morgan fingerprint density at radius 1 is 1.14 bits per heavy atom. The fraction of sp³-hybridized carbons (Fsp3) is 0.188. The predicted molar refractivity (Wildman–Crippen MR) is 74.8 cm³/mol. The molecule has 0 saturated heterocycles. The molecule has 0 fully saturated rings. The van der Waals surface area contributed by atoms with Gasteiger partial charge in [-0.3, -0.25) is 0 Å². The minimum atomic E-state index is -1.67. The summed E-state index contributed by atoms with van der Waals surface area (Å²) >= 11 is 0. The lowest BCUT2D eigenvalue weighted by Gasteiger charge is -2.26. The summed E-state index contributed by atoms with van der Waals surface area (Å²) in [7, 11) is 0. The number of carboxylic acids is 1. The predicted octanol–water partition coefficient (Wildman–Crippen LogP) is 3.14. The number of hydrogen-bond donors (Lipinski definition) is 2. The standard InChI is InChI=1S/C16H14F2O4/c1-16(15(20)21,9-10-2-4-11(19)5-3-10)22-12-6-7-13(17)14(18)8-12/h2-8,19H,9H2,1H3,(H,20,21). The molecule has 0 heterocycles. The maximum atomic E-state index is 13.2. The molecule has 116 valence electrons. The van der Waals surface area contributed by atoms with Crippen molar-refractivity contribution in [2.24, 2.45) is 0 Å². The van der Waals surface area contributed by atoms with Crippen molar-refractivity contribution < 1.29 is 28.5 Å². The van der Waals surface area contributed by atoms with Crippen molar-refractivity contribution in [2.45, 2.75) is 18.9 Å². The van der Waals surface area contributed by atoms with E-state index in [-0.39, 0.29) is 17.9 Å². The Bertz CT molecular complexity index is 685. The molecule has 4 nitrogen and oxygen atoms in total. The molecule has 22 heavy (non-hydrogen) atoms. The van der Waals surface area contributed by atoms with Crippen molar-refractivity contribution in [3.8, 4) is 11.5 Å². The van der Waals surface area contributed by atoms with E-state index in [1.165, 1.54) is 19.1 Å². The molecule has 2 aromatic carbocycles. The first-order chi connectivity index (χ1) is 10.3. The highest BCUT2D eigenvalue weighted by Gasteiger charge is 2.36. The highest BCUT2D eigenvalue weighted by molar-refractivity contribution is 5.78. The second kappa shape index (κ2) is 6.01. The van der Waals surface area contributed by atoms with Gasteiger partial charge in [0.2, 0.25) is 5.60 Å². The molecule has 0 aliphatic heterocycles. The average Bonchev–Trinajstić information content (AvgIpc) is 2.45. The smallest absolute Gasteiger partial charge is 0.348 e. The van der Waals surface area contributed by atoms with Crippen molar-refractivity contribution in [1.82, 2.24) is 0 Å². The Balaban J connectivity index is 2.25. The molecule has 6 heteroatoms. The van der Waals surface area contributed by atoms with Crippen LogP contribution in [0.3, 0.4) is 0 Å². The van der Waals surface area contributed by atoms with Gasteiger partial charge in [-0.1, -0.05) is 12.1 Å². The largest absolute Gasteiger partial charge is 0.508 e. The van der Waals surface area contributed by atoms with Gasteiger partial charge in [0.15, 0.2) is 11.6 Å². The van der Waals surface area contributed by atoms with Crippen LogP contribution in [0, 0.1) is 11.6 Å². The van der Waals surface area contributed by atoms with Crippen molar-refractivity contribution in [3.05, 3.63) is 59.7 Å². The zero-order valence-electron chi connectivity index (χ0n) is 11.7. The summed E-state index contributed by atoms with van der Waals surface area (Å²) in [6, 6.07) is 8.80. The monoisotopic (exact) mass is 308 g/mol. The van der Waals surface area contributed by atoms with Crippen LogP contribution in [0.5, 0.6) is 11.5 Å². The minimum Gasteiger partial charge on any atom is -0.508 e. The van der Waals surface area contributed by atoms with Gasteiger partial charge >= 0.3 is 5.97 Å². The Hall–Kier alpha value is -2.63. The lowest BCUT2D eigenvalue weighted by Crippen LogP contribution is -2.43. The number of carboxylic acid groups (broad SMARTS) is 1. The molecule has 1 unspecified atom stereocenters. The molecule has 0 aliphatic rings. The second-order valence-electron chi connectivity index (χ2n) is 5.06. The van der Waals surface area contributed by atoms with Crippen LogP contribution >= 0.6 is 0 Å². The lowest BCUT2D eigenvalue weighted by molar-refractivity contribution is -0.153. The number of hydrogen-bond acceptors (Lipinski definition) is 3. The Labute approximate surface area is 125 Å². The van der Waals surface area contributed by atoms with Gasteiger partial charge in [0.25, 0.3) is 0 Å². The summed E-state index contributed by atoms with van der Waals surface area (Å²) in [4.78, 5) is 11.5. The molecule has 2 rings (SSSR count). The van der Waals surface area contributed by atoms with Gasteiger partial charge in [0, 0.05) is 12.5 Å². The fourth-order valence-electron chi connectivity index (χ4n) is 1.96. The number of ether oxygens (including phenoxy) is 1. The Morgan fingerprint density at radius 3 is 2.32 bits per heavy atom. The Morgan fingerprint density at radius 2 is 1.77 bits per heavy atom. The number of aliphatic carboxylic acids is 1. The van der Waals surface area contributed by atoms with Crippen LogP contribution in [0.25, 0.3) is 0 Å². The number of phenols is 1. The third kappa shape index (κ3) is 3.52. The molecule has 2 N–H and O–H groups in total. The summed E-state index contributed by atoms with van der Waals surface area (Å²) in [6.45, 7) is 1.34. The zero-order valence-corrected chi connectivity index (χ0v) is 11.7. The number of rotatable bonds is 5. The molecule has 0 radical (unpaired) electrons. The summed E-state index contributed by atoms with van der Waals surface area (Å²) in [5, 5.41) is 18.6. The van der Waals surface area contributed by atoms with Gasteiger partial charge in [-0.2, -0.15) is 0 Å². The first-order valence-corrected chi connectivity index (χ1v) is 6.45. The maximum Gasteiger partial charge on any atom is 0.348 e. The normalized spacial score (nSPS) is 13.4. The topological polar surface area (TPSA) is 66.8 Å². The third-order valence-corrected chi connectivity index (χ3v) is 3.16. The minimum absolute atomic E-state index is 0.0123. The van der Waals surface area contributed by atoms with Crippen molar-refractivity contribution in [1.29, 1.82) is 0 Å². The Kier molecular flexibility index (Phi) is 4.30. The number of benzene rings is 2. The van der Waals surface area contributed by atoms with Crippen LogP contribution in [0.15, 0.2) is 42.5 Å². The van der Waals surface area contributed by atoms with Crippen LogP contribution < -0.4 is 4.74 Å². The molecule has 2 aromatic rings. The molecule has 0 bridgehead atoms. The number of phenolic OH excluding ortho intramolecular Hbond substituents is 1. The van der Waals surface area contributed by atoms with Crippen LogP contribution in [-0.2, 0) is 11.2 Å². The molecule has 0 amide bonds. The van der Waals surface area contributed by atoms with E-state index in [9.17, 15) is 23.8 Å². The van der Waals surface area contributed by atoms with Gasteiger partial charge in [-0.25, -0.2) is 13.6 Å². The second-order valence-corrected chi connectivity index (χ2v) is 5.06. The molecule has 0 aromatic heterocycles. The molecule has 0 saturated carbocycles. The van der Waals surface area contributed by atoms with Crippen LogP contribution in [0.2, 0.25) is 0 Å². The average molecular weight is 308 g/mol. The van der Waals surface area contributed by atoms with Gasteiger partial charge in [-0.05, 0) is 36.8 Å². The summed E-state index contributed by atoms with van der Waals surface area (Å²) in [5.41, 5.74) is -1.05. The molecule has 0 aliphatic carbocycles. The van der Waals surface area contributed by atoms with Gasteiger partial charge in [0.1, 0.15) is 11.5 Å². The summed E-state index contributed by atoms with van der Waals surface area (Å²) < 4.78 is 31.5. The van der Waals surface area contributed by atoms with Crippen LogP contribution in [-0.4, -0.2) is 21.8 Å². The van der Waals surface area contributed by atoms with E-state index in [4.69, 9.17) is 4.74 Å². The lowest BCUT2D eigenvalue weighted by atomic mass is 9.96. The third-order valence-electron chi connectivity index (χ3n) is 3.16. The van der Waals surface area contributed by atoms with Crippen molar-refractivity contribution in [2.75, 3.05) is 0 Å². The van der Waals surface area contributed by atoms with E-state index >= 15 is 0 Å². The van der Waals surface area contributed by atoms with E-state index in [1.807, 2.05) is 0 Å². The quantitative estimate of drug-likeness (QED) is 0.890. The van der Waals surface area contributed by atoms with Crippen molar-refractivity contribution in [3.63, 3.8) is 0 Å². The first-order valence-electron chi connectivity index (χ1n) is 6.45. The number of carbonyl (C=O) groups is 1. The highest BCUT2D eigenvalue weighted by Crippen LogP contribution is 2.25. The number of aromatic hydroxyl groups is 1. The van der Waals surface area contributed by atoms with Crippen LogP contribution in [0.4, 0.5) is 8.78 Å². The molecule has 1 atom stereocenters. The van der Waals surface area contributed by atoms with E-state index in [1.54, 1.807) is 12.1 Å². The molecular formula is C16H14F2O4. The van der Waals surface area contributed by atoms with Crippen molar-refractivity contribution >= 4 is 5.97 Å².